The molecule has 0 bridgehead atoms. The molecule has 0 atom stereocenters. The van der Waals surface area contributed by atoms with Crippen molar-refractivity contribution in [2.45, 2.75) is 10.1 Å². The number of hydrogen-bond acceptors (Lipinski definition) is 5. The number of carboxylic acids is 1. The van der Waals surface area contributed by atoms with Crippen molar-refractivity contribution in [1.82, 2.24) is 4.98 Å². The minimum Gasteiger partial charge on any atom is -0.478 e. The molecule has 1 amide bonds. The van der Waals surface area contributed by atoms with Crippen molar-refractivity contribution in [2.75, 3.05) is 5.32 Å². The molecular formula is C19H13N3O3S2. The van der Waals surface area contributed by atoms with E-state index < -0.39 is 11.9 Å². The number of aromatic nitrogens is 1. The molecule has 0 saturated heterocycles. The number of nitrogens with zero attached hydrogens (tertiary/aromatic N) is 2. The predicted molar refractivity (Wildman–Crippen MR) is 106 cm³/mol. The third-order valence-corrected chi connectivity index (χ3v) is 5.75. The van der Waals surface area contributed by atoms with E-state index in [0.717, 1.165) is 15.7 Å². The summed E-state index contributed by atoms with van der Waals surface area (Å²) in [5.41, 5.74) is 1.38. The SMILES string of the molecule is [C-]#[N+]c1ccc(NC(=O)c2cnc(SCc3ccccc3)s2)c(C(=O)O)c1. The van der Waals surface area contributed by atoms with Crippen molar-refractivity contribution in [3.05, 3.63) is 82.1 Å². The van der Waals surface area contributed by atoms with Gasteiger partial charge in [0.25, 0.3) is 5.91 Å². The second-order valence-electron chi connectivity index (χ2n) is 5.37. The zero-order valence-corrected chi connectivity index (χ0v) is 15.5. The minimum atomic E-state index is -1.21. The van der Waals surface area contributed by atoms with E-state index >= 15 is 0 Å². The van der Waals surface area contributed by atoms with E-state index in [2.05, 4.69) is 15.1 Å². The Hall–Kier alpha value is -3.15. The molecule has 134 valence electrons. The van der Waals surface area contributed by atoms with Gasteiger partial charge in [0.1, 0.15) is 4.88 Å². The van der Waals surface area contributed by atoms with Crippen molar-refractivity contribution in [2.24, 2.45) is 0 Å². The molecular weight excluding hydrogens is 382 g/mol. The summed E-state index contributed by atoms with van der Waals surface area (Å²) in [6.45, 7) is 6.97. The Morgan fingerprint density at radius 1 is 1.22 bits per heavy atom. The Morgan fingerprint density at radius 3 is 2.70 bits per heavy atom. The van der Waals surface area contributed by atoms with Crippen LogP contribution in [0.4, 0.5) is 11.4 Å². The average Bonchev–Trinajstić information content (AvgIpc) is 3.16. The fourth-order valence-electron chi connectivity index (χ4n) is 2.22. The van der Waals surface area contributed by atoms with Gasteiger partial charge in [0, 0.05) is 5.75 Å². The van der Waals surface area contributed by atoms with Crippen LogP contribution in [0.1, 0.15) is 25.6 Å². The molecule has 1 aromatic heterocycles. The van der Waals surface area contributed by atoms with E-state index in [1.54, 1.807) is 0 Å². The lowest BCUT2D eigenvalue weighted by atomic mass is 10.1. The molecule has 27 heavy (non-hydrogen) atoms. The lowest BCUT2D eigenvalue weighted by molar-refractivity contribution is 0.0698. The molecule has 0 aliphatic carbocycles. The van der Waals surface area contributed by atoms with Crippen molar-refractivity contribution >= 4 is 46.3 Å². The average molecular weight is 395 g/mol. The monoisotopic (exact) mass is 395 g/mol. The topological polar surface area (TPSA) is 83.7 Å². The van der Waals surface area contributed by atoms with E-state index in [1.165, 1.54) is 47.5 Å². The Bertz CT molecular complexity index is 1030. The lowest BCUT2D eigenvalue weighted by Crippen LogP contribution is -2.13. The number of benzene rings is 2. The Balaban J connectivity index is 1.70. The van der Waals surface area contributed by atoms with Gasteiger partial charge in [-0.05, 0) is 17.7 Å². The molecule has 0 fully saturated rings. The maximum Gasteiger partial charge on any atom is 0.336 e. The number of thiazole rings is 1. The van der Waals surface area contributed by atoms with Crippen molar-refractivity contribution in [3.8, 4) is 0 Å². The molecule has 3 aromatic rings. The first-order chi connectivity index (χ1) is 13.1. The van der Waals surface area contributed by atoms with Crippen LogP contribution < -0.4 is 5.32 Å². The smallest absolute Gasteiger partial charge is 0.336 e. The Morgan fingerprint density at radius 2 is 2.00 bits per heavy atom. The fourth-order valence-corrected chi connectivity index (χ4v) is 4.06. The summed E-state index contributed by atoms with van der Waals surface area (Å²) in [5, 5.41) is 11.9. The predicted octanol–water partition coefficient (Wildman–Crippen LogP) is 4.94. The van der Waals surface area contributed by atoms with Gasteiger partial charge in [-0.2, -0.15) is 0 Å². The largest absolute Gasteiger partial charge is 0.478 e. The van der Waals surface area contributed by atoms with Crippen molar-refractivity contribution in [1.29, 1.82) is 0 Å². The van der Waals surface area contributed by atoms with Gasteiger partial charge in [0.2, 0.25) is 0 Å². The Labute approximate surface area is 163 Å². The first-order valence-electron chi connectivity index (χ1n) is 7.75. The van der Waals surface area contributed by atoms with E-state index in [9.17, 15) is 14.7 Å². The van der Waals surface area contributed by atoms with Crippen molar-refractivity contribution in [3.63, 3.8) is 0 Å². The molecule has 0 aliphatic rings. The summed E-state index contributed by atoms with van der Waals surface area (Å²) in [7, 11) is 0. The maximum absolute atomic E-state index is 12.4. The number of nitrogens with one attached hydrogen (secondary N) is 1. The van der Waals surface area contributed by atoms with Crippen LogP contribution in [0.5, 0.6) is 0 Å². The summed E-state index contributed by atoms with van der Waals surface area (Å²) in [6, 6.07) is 14.0. The third-order valence-electron chi connectivity index (χ3n) is 3.52. The summed E-state index contributed by atoms with van der Waals surface area (Å²) in [4.78, 5) is 31.6. The number of carboxylic acid groups (broad SMARTS) is 1. The first kappa shape index (κ1) is 18.6. The van der Waals surface area contributed by atoms with Crippen LogP contribution >= 0.6 is 23.1 Å². The van der Waals surface area contributed by atoms with Crippen molar-refractivity contribution < 1.29 is 14.7 Å². The number of anilines is 1. The highest BCUT2D eigenvalue weighted by Gasteiger charge is 2.16. The van der Waals surface area contributed by atoms with Crippen LogP contribution in [0.2, 0.25) is 0 Å². The number of amides is 1. The van der Waals surface area contributed by atoms with Gasteiger partial charge in [-0.1, -0.05) is 48.2 Å². The molecule has 0 radical (unpaired) electrons. The van der Waals surface area contributed by atoms with Gasteiger partial charge in [0.15, 0.2) is 10.0 Å². The van der Waals surface area contributed by atoms with Gasteiger partial charge >= 0.3 is 5.97 Å². The summed E-state index contributed by atoms with van der Waals surface area (Å²) >= 11 is 2.78. The van der Waals surface area contributed by atoms with Gasteiger partial charge in [0.05, 0.1) is 24.0 Å². The van der Waals surface area contributed by atoms with Crippen LogP contribution in [-0.4, -0.2) is 22.0 Å². The number of carbonyl (C=O) groups is 2. The highest BCUT2D eigenvalue weighted by molar-refractivity contribution is 8.00. The van der Waals surface area contributed by atoms with Gasteiger partial charge < -0.3 is 10.4 Å². The number of carbonyl (C=O) groups excluding carboxylic acids is 1. The van der Waals surface area contributed by atoms with Crippen LogP contribution in [0.15, 0.2) is 59.1 Å². The number of aromatic carboxylic acids is 1. The van der Waals surface area contributed by atoms with Gasteiger partial charge in [-0.3, -0.25) is 4.79 Å². The standard InChI is InChI=1S/C19H13N3O3S2/c1-20-13-7-8-15(14(9-13)18(24)25)22-17(23)16-10-21-19(27-16)26-11-12-5-3-2-4-6-12/h2-10H,11H2,(H,22,23)(H,24,25). The molecule has 0 aliphatic heterocycles. The van der Waals surface area contributed by atoms with Gasteiger partial charge in [-0.15, -0.1) is 11.3 Å². The molecule has 8 heteroatoms. The second-order valence-corrected chi connectivity index (χ2v) is 7.62. The van der Waals surface area contributed by atoms with Gasteiger partial charge in [-0.25, -0.2) is 14.6 Å². The van der Waals surface area contributed by atoms with Crippen LogP contribution in [0, 0.1) is 6.57 Å². The number of rotatable bonds is 6. The molecule has 6 nitrogen and oxygen atoms in total. The minimum absolute atomic E-state index is 0.125. The number of thioether (sulfide) groups is 1. The van der Waals surface area contributed by atoms with E-state index in [4.69, 9.17) is 6.57 Å². The zero-order chi connectivity index (χ0) is 19.2. The van der Waals surface area contributed by atoms with Crippen LogP contribution in [-0.2, 0) is 5.75 Å². The molecule has 2 N–H and O–H groups in total. The molecule has 0 saturated carbocycles. The second kappa shape index (κ2) is 8.49. The summed E-state index contributed by atoms with van der Waals surface area (Å²) in [6.07, 6.45) is 1.47. The highest BCUT2D eigenvalue weighted by atomic mass is 32.2. The third kappa shape index (κ3) is 4.73. The summed E-state index contributed by atoms with van der Waals surface area (Å²) < 4.78 is 0.755. The summed E-state index contributed by atoms with van der Waals surface area (Å²) in [5.74, 6) is -0.896. The zero-order valence-electron chi connectivity index (χ0n) is 13.9. The van der Waals surface area contributed by atoms with E-state index in [0.29, 0.717) is 4.88 Å². The van der Waals surface area contributed by atoms with Crippen LogP contribution in [0.3, 0.4) is 0 Å². The molecule has 0 unspecified atom stereocenters. The first-order valence-corrected chi connectivity index (χ1v) is 9.55. The number of hydrogen-bond donors (Lipinski definition) is 2. The normalized spacial score (nSPS) is 10.2. The maximum atomic E-state index is 12.4. The quantitative estimate of drug-likeness (QED) is 0.456. The molecule has 3 rings (SSSR count). The van der Waals surface area contributed by atoms with Crippen LogP contribution in [0.25, 0.3) is 4.85 Å². The van der Waals surface area contributed by atoms with E-state index in [1.807, 2.05) is 30.3 Å². The fraction of sp³-hybridized carbons (Fsp3) is 0.0526. The highest BCUT2D eigenvalue weighted by Crippen LogP contribution is 2.28. The Kier molecular flexibility index (Phi) is 5.86. The molecule has 0 spiro atoms. The molecule has 2 aromatic carbocycles. The van der Waals surface area contributed by atoms with E-state index in [-0.39, 0.29) is 16.9 Å². The lowest BCUT2D eigenvalue weighted by Gasteiger charge is -2.07. The molecule has 1 heterocycles.